The summed E-state index contributed by atoms with van der Waals surface area (Å²) < 4.78 is 19.4. The molecule has 3 rings (SSSR count). The largest absolute Gasteiger partial charge is 0.492 e. The molecule has 0 heterocycles. The molecule has 0 bridgehead atoms. The van der Waals surface area contributed by atoms with Gasteiger partial charge in [-0.1, -0.05) is 36.4 Å². The van der Waals surface area contributed by atoms with Gasteiger partial charge in [0.1, 0.15) is 17.4 Å². The number of nitrogens with zero attached hydrogens (tertiary/aromatic N) is 1. The van der Waals surface area contributed by atoms with E-state index in [0.29, 0.717) is 28.5 Å². The van der Waals surface area contributed by atoms with Gasteiger partial charge in [0, 0.05) is 32.2 Å². The topological polar surface area (TPSA) is 79.4 Å². The second kappa shape index (κ2) is 8.04. The molecule has 0 spiro atoms. The smallest absolute Gasteiger partial charge is 0.124 e. The average molecular weight is 396 g/mol. The van der Waals surface area contributed by atoms with Gasteiger partial charge in [-0.15, -0.1) is 0 Å². The van der Waals surface area contributed by atoms with Crippen molar-refractivity contribution < 1.29 is 8.95 Å². The summed E-state index contributed by atoms with van der Waals surface area (Å²) in [6, 6.07) is 18.3. The number of likely N-dealkylation sites (N-methyl/N-ethyl adjacent to an activating group) is 1. The van der Waals surface area contributed by atoms with Crippen LogP contribution in [0.4, 0.5) is 5.69 Å². The lowest BCUT2D eigenvalue weighted by Crippen LogP contribution is -2.20. The van der Waals surface area contributed by atoms with Crippen molar-refractivity contribution in [3.63, 3.8) is 0 Å². The Hall–Kier alpha value is -2.83. The predicted octanol–water partition coefficient (Wildman–Crippen LogP) is 3.46. The Balaban J connectivity index is 1.98. The number of benzene rings is 3. The van der Waals surface area contributed by atoms with Gasteiger partial charge in [0.2, 0.25) is 0 Å². The Labute approximate surface area is 166 Å². The molecule has 28 heavy (non-hydrogen) atoms. The van der Waals surface area contributed by atoms with Crippen LogP contribution in [0.15, 0.2) is 65.6 Å². The first-order chi connectivity index (χ1) is 13.3. The fourth-order valence-electron chi connectivity index (χ4n) is 2.94. The summed E-state index contributed by atoms with van der Waals surface area (Å²) in [5.41, 5.74) is 6.86. The zero-order valence-corrected chi connectivity index (χ0v) is 17.0. The summed E-state index contributed by atoms with van der Waals surface area (Å²) in [5.74, 6) is 4.51. The van der Waals surface area contributed by atoms with Crippen LogP contribution in [-0.4, -0.2) is 47.3 Å². The fraction of sp³-hybridized carbons (Fsp3) is 0.182. The maximum absolute atomic E-state index is 13.6. The Morgan fingerprint density at radius 2 is 1.86 bits per heavy atom. The maximum Gasteiger partial charge on any atom is 0.124 e. The van der Waals surface area contributed by atoms with E-state index in [2.05, 4.69) is 5.87 Å². The summed E-state index contributed by atoms with van der Waals surface area (Å²) in [4.78, 5) is 2.55. The van der Waals surface area contributed by atoms with E-state index in [4.69, 9.17) is 15.9 Å². The molecular weight excluding hydrogens is 370 g/mol. The quantitative estimate of drug-likeness (QED) is 0.290. The second-order valence-electron chi connectivity index (χ2n) is 6.88. The summed E-state index contributed by atoms with van der Waals surface area (Å²) in [6.07, 6.45) is 0. The minimum Gasteiger partial charge on any atom is -0.492 e. The molecule has 0 aliphatic heterocycles. The summed E-state index contributed by atoms with van der Waals surface area (Å²) in [5, 5.41) is 10.3. The molecule has 5 nitrogen and oxygen atoms in total. The molecule has 0 aliphatic rings. The molecule has 0 amide bonds. The molecule has 1 atom stereocenters. The van der Waals surface area contributed by atoms with Gasteiger partial charge >= 0.3 is 0 Å². The third-order valence-electron chi connectivity index (χ3n) is 4.51. The van der Waals surface area contributed by atoms with Crippen LogP contribution in [0.2, 0.25) is 0 Å². The Bertz CT molecular complexity index is 1120. The first-order valence-corrected chi connectivity index (χ1v) is 10.6. The molecule has 3 aromatic carbocycles. The van der Waals surface area contributed by atoms with Crippen LogP contribution < -0.4 is 10.5 Å². The molecule has 146 valence electrons. The van der Waals surface area contributed by atoms with Gasteiger partial charge in [-0.05, 0) is 55.0 Å². The number of hydrogen-bond acceptors (Lipinski definition) is 5. The molecule has 3 N–H and O–H groups in total. The zero-order chi connectivity index (χ0) is 20.3. The van der Waals surface area contributed by atoms with Gasteiger partial charge in [-0.25, -0.2) is 0 Å². The number of hydrogen-bond donors (Lipinski definition) is 2. The monoisotopic (exact) mass is 395 g/mol. The molecule has 6 heteroatoms. The number of anilines is 1. The molecular formula is C22H25N3O2S. The Morgan fingerprint density at radius 3 is 2.61 bits per heavy atom. The number of rotatable bonds is 6. The van der Waals surface area contributed by atoms with Crippen LogP contribution in [0.3, 0.4) is 0 Å². The van der Waals surface area contributed by atoms with Crippen molar-refractivity contribution in [1.29, 1.82) is 5.41 Å². The van der Waals surface area contributed by atoms with Crippen molar-refractivity contribution >= 4 is 36.9 Å². The van der Waals surface area contributed by atoms with Gasteiger partial charge in [0.25, 0.3) is 0 Å². The van der Waals surface area contributed by atoms with Crippen molar-refractivity contribution in [1.82, 2.24) is 4.90 Å². The lowest BCUT2D eigenvalue weighted by Gasteiger charge is -2.17. The number of nitrogen functional groups attached to an aromatic ring is 1. The van der Waals surface area contributed by atoms with Crippen molar-refractivity contribution in [3.8, 4) is 5.75 Å². The van der Waals surface area contributed by atoms with E-state index in [1.807, 2.05) is 55.4 Å². The van der Waals surface area contributed by atoms with Crippen molar-refractivity contribution in [3.05, 3.63) is 66.2 Å². The van der Waals surface area contributed by atoms with Crippen LogP contribution in [0.1, 0.15) is 5.56 Å². The van der Waals surface area contributed by atoms with Crippen LogP contribution in [0, 0.1) is 5.41 Å². The highest BCUT2D eigenvalue weighted by Crippen LogP contribution is 2.29. The highest BCUT2D eigenvalue weighted by atomic mass is 32.2. The van der Waals surface area contributed by atoms with Crippen LogP contribution in [0.25, 0.3) is 10.8 Å². The second-order valence-corrected chi connectivity index (χ2v) is 9.08. The standard InChI is InChI=1S/C22H25N3O2S/c1-25(2)13-14-27-17-11-12-20(23)19(15-17)22(24)28(3,26)21-10-6-8-16-7-4-5-9-18(16)21/h4-12,15,24H,3,13-14,23H2,1-2H3. The van der Waals surface area contributed by atoms with Crippen molar-refractivity contribution in [2.75, 3.05) is 33.0 Å². The minimum atomic E-state index is -3.05. The van der Waals surface area contributed by atoms with Crippen LogP contribution in [-0.2, 0) is 9.52 Å². The van der Waals surface area contributed by atoms with Gasteiger partial charge < -0.3 is 15.4 Å². The summed E-state index contributed by atoms with van der Waals surface area (Å²) in [6.45, 7) is 1.27. The average Bonchev–Trinajstić information content (AvgIpc) is 2.68. The highest BCUT2D eigenvalue weighted by molar-refractivity contribution is 8.14. The number of ether oxygens (including phenoxy) is 1. The van der Waals surface area contributed by atoms with Gasteiger partial charge in [-0.3, -0.25) is 9.62 Å². The van der Waals surface area contributed by atoms with E-state index < -0.39 is 9.52 Å². The normalized spacial score (nSPS) is 13.4. The number of fused-ring (bicyclic) bond motifs is 1. The van der Waals surface area contributed by atoms with Crippen LogP contribution >= 0.6 is 0 Å². The van der Waals surface area contributed by atoms with Crippen molar-refractivity contribution in [2.45, 2.75) is 4.90 Å². The van der Waals surface area contributed by atoms with E-state index in [9.17, 15) is 4.21 Å². The molecule has 0 saturated carbocycles. The lowest BCUT2D eigenvalue weighted by atomic mass is 10.1. The first kappa shape index (κ1) is 19.9. The van der Waals surface area contributed by atoms with Gasteiger partial charge in [0.05, 0.1) is 0 Å². The van der Waals surface area contributed by atoms with Crippen LogP contribution in [0.5, 0.6) is 5.75 Å². The van der Waals surface area contributed by atoms with E-state index in [0.717, 1.165) is 17.3 Å². The molecule has 0 aromatic heterocycles. The molecule has 3 aromatic rings. The van der Waals surface area contributed by atoms with E-state index in [-0.39, 0.29) is 5.04 Å². The third kappa shape index (κ3) is 4.03. The molecule has 0 saturated heterocycles. The van der Waals surface area contributed by atoms with Gasteiger partial charge in [0.15, 0.2) is 0 Å². The predicted molar refractivity (Wildman–Crippen MR) is 119 cm³/mol. The molecule has 0 fully saturated rings. The Morgan fingerprint density at radius 1 is 1.14 bits per heavy atom. The van der Waals surface area contributed by atoms with E-state index in [1.54, 1.807) is 24.3 Å². The summed E-state index contributed by atoms with van der Waals surface area (Å²) >= 11 is 0. The molecule has 0 aliphatic carbocycles. The molecule has 1 unspecified atom stereocenters. The number of nitrogens with two attached hydrogens (primary N) is 1. The lowest BCUT2D eigenvalue weighted by molar-refractivity contribution is 0.261. The number of nitrogens with one attached hydrogen (secondary N) is 1. The van der Waals surface area contributed by atoms with Crippen molar-refractivity contribution in [2.24, 2.45) is 0 Å². The minimum absolute atomic E-state index is 0.0978. The molecule has 0 radical (unpaired) electrons. The SMILES string of the molecule is C=S(=O)(C(=N)c1cc(OCCN(C)C)ccc1N)c1cccc2ccccc12. The first-order valence-electron chi connectivity index (χ1n) is 8.92. The third-order valence-corrected chi connectivity index (χ3v) is 6.46. The summed E-state index contributed by atoms with van der Waals surface area (Å²) in [7, 11) is 0.883. The van der Waals surface area contributed by atoms with Gasteiger partial charge in [-0.2, -0.15) is 0 Å². The fourth-order valence-corrected chi connectivity index (χ4v) is 4.53. The van der Waals surface area contributed by atoms with E-state index >= 15 is 0 Å². The zero-order valence-electron chi connectivity index (χ0n) is 16.1. The van der Waals surface area contributed by atoms with E-state index in [1.165, 1.54) is 0 Å². The Kier molecular flexibility index (Phi) is 5.72. The highest BCUT2D eigenvalue weighted by Gasteiger charge is 2.21. The maximum atomic E-state index is 13.6.